The van der Waals surface area contributed by atoms with E-state index in [9.17, 15) is 19.2 Å². The number of hydrogen-bond acceptors (Lipinski definition) is 6. The molecule has 0 radical (unpaired) electrons. The van der Waals surface area contributed by atoms with Gasteiger partial charge < -0.3 is 25.0 Å². The van der Waals surface area contributed by atoms with Gasteiger partial charge in [-0.1, -0.05) is 27.7 Å². The van der Waals surface area contributed by atoms with Gasteiger partial charge in [-0.25, -0.2) is 4.79 Å². The molecular weight excluding hydrogens is 402 g/mol. The molecule has 0 aromatic heterocycles. The fourth-order valence-corrected chi connectivity index (χ4v) is 3.53. The van der Waals surface area contributed by atoms with E-state index in [0.29, 0.717) is 19.4 Å². The van der Waals surface area contributed by atoms with Crippen LogP contribution in [0.1, 0.15) is 61.3 Å². The van der Waals surface area contributed by atoms with Crippen molar-refractivity contribution in [3.05, 3.63) is 0 Å². The van der Waals surface area contributed by atoms with Crippen molar-refractivity contribution in [1.29, 1.82) is 0 Å². The molecule has 9 nitrogen and oxygen atoms in total. The van der Waals surface area contributed by atoms with Crippen LogP contribution in [0.25, 0.3) is 0 Å². The lowest BCUT2D eigenvalue weighted by molar-refractivity contribution is -0.142. The van der Waals surface area contributed by atoms with E-state index in [-0.39, 0.29) is 36.0 Å². The lowest BCUT2D eigenvalue weighted by Gasteiger charge is -2.32. The molecule has 178 valence electrons. The summed E-state index contributed by atoms with van der Waals surface area (Å²) < 4.78 is 10.2. The molecule has 0 aromatic rings. The van der Waals surface area contributed by atoms with E-state index in [1.807, 2.05) is 27.7 Å². The Morgan fingerprint density at radius 2 is 1.58 bits per heavy atom. The number of ketones is 1. The summed E-state index contributed by atoms with van der Waals surface area (Å²) in [4.78, 5) is 52.3. The average molecular weight is 442 g/mol. The van der Waals surface area contributed by atoms with E-state index in [4.69, 9.17) is 9.47 Å². The number of ether oxygens (including phenoxy) is 2. The Balaban J connectivity index is 2.93. The highest BCUT2D eigenvalue weighted by Crippen LogP contribution is 2.21. The number of nitrogens with one attached hydrogen (secondary N) is 2. The predicted octanol–water partition coefficient (Wildman–Crippen LogP) is 1.88. The second-order valence-electron chi connectivity index (χ2n) is 9.69. The molecule has 0 spiro atoms. The van der Waals surface area contributed by atoms with Crippen LogP contribution in [-0.4, -0.2) is 72.6 Å². The number of hydrogen-bond donors (Lipinski definition) is 2. The maximum Gasteiger partial charge on any atom is 0.408 e. The number of methoxy groups -OCH3 is 1. The van der Waals surface area contributed by atoms with E-state index in [2.05, 4.69) is 10.6 Å². The Morgan fingerprint density at radius 1 is 1.00 bits per heavy atom. The molecule has 0 saturated carbocycles. The van der Waals surface area contributed by atoms with Crippen molar-refractivity contribution in [2.45, 2.75) is 85.0 Å². The summed E-state index contributed by atoms with van der Waals surface area (Å²) in [6, 6.07) is -2.20. The SMILES string of the molecule is COCC(=O)C(NC(=O)[C@@H]1CCCN1C(=O)[C@@H](NC(=O)OC(C)(C)C)C(C)C)C(C)C. The summed E-state index contributed by atoms with van der Waals surface area (Å²) in [6.45, 7) is 12.9. The Bertz CT molecular complexity index is 656. The second-order valence-corrected chi connectivity index (χ2v) is 9.69. The van der Waals surface area contributed by atoms with Crippen molar-refractivity contribution in [2.24, 2.45) is 11.8 Å². The normalized spacial score (nSPS) is 18.6. The van der Waals surface area contributed by atoms with Crippen LogP contribution in [0.15, 0.2) is 0 Å². The summed E-state index contributed by atoms with van der Waals surface area (Å²) >= 11 is 0. The van der Waals surface area contributed by atoms with E-state index in [1.54, 1.807) is 20.8 Å². The molecular formula is C22H39N3O6. The number of carbonyl (C=O) groups is 4. The number of rotatable bonds is 9. The van der Waals surface area contributed by atoms with Crippen LogP contribution in [0.3, 0.4) is 0 Å². The lowest BCUT2D eigenvalue weighted by atomic mass is 9.99. The van der Waals surface area contributed by atoms with Crippen LogP contribution in [0.4, 0.5) is 4.79 Å². The molecule has 1 heterocycles. The first-order valence-electron chi connectivity index (χ1n) is 10.9. The predicted molar refractivity (Wildman–Crippen MR) is 116 cm³/mol. The molecule has 1 aliphatic rings. The Morgan fingerprint density at radius 3 is 2.06 bits per heavy atom. The molecule has 0 aliphatic carbocycles. The van der Waals surface area contributed by atoms with Crippen LogP contribution in [0.5, 0.6) is 0 Å². The maximum absolute atomic E-state index is 13.2. The van der Waals surface area contributed by atoms with Crippen LogP contribution >= 0.6 is 0 Å². The van der Waals surface area contributed by atoms with Crippen molar-refractivity contribution in [3.63, 3.8) is 0 Å². The quantitative estimate of drug-likeness (QED) is 0.565. The Labute approximate surface area is 185 Å². The standard InChI is InChI=1S/C22H39N3O6/c1-13(2)17(16(26)12-30-8)23-19(27)15-10-9-11-25(15)20(28)18(14(3)4)24-21(29)31-22(5,6)7/h13-15,17-18H,9-12H2,1-8H3,(H,23,27)(H,24,29)/t15-,17?,18-/m0/s1. The van der Waals surface area contributed by atoms with Gasteiger partial charge in [-0.05, 0) is 45.4 Å². The van der Waals surface area contributed by atoms with Gasteiger partial charge in [-0.15, -0.1) is 0 Å². The first-order valence-corrected chi connectivity index (χ1v) is 10.9. The van der Waals surface area contributed by atoms with Crippen molar-refractivity contribution < 1.29 is 28.7 Å². The number of Topliss-reactive ketones (excluding diaryl/α,β-unsaturated/α-hetero) is 1. The molecule has 1 unspecified atom stereocenters. The van der Waals surface area contributed by atoms with E-state index < -0.39 is 29.8 Å². The Hall–Kier alpha value is -2.16. The smallest absolute Gasteiger partial charge is 0.408 e. The van der Waals surface area contributed by atoms with Crippen LogP contribution in [0, 0.1) is 11.8 Å². The highest BCUT2D eigenvalue weighted by atomic mass is 16.6. The van der Waals surface area contributed by atoms with Gasteiger partial charge in [0.05, 0.1) is 6.04 Å². The molecule has 3 atom stereocenters. The molecule has 1 aliphatic heterocycles. The monoisotopic (exact) mass is 441 g/mol. The van der Waals surface area contributed by atoms with Crippen molar-refractivity contribution in [1.82, 2.24) is 15.5 Å². The molecule has 1 saturated heterocycles. The molecule has 9 heteroatoms. The molecule has 31 heavy (non-hydrogen) atoms. The van der Waals surface area contributed by atoms with Crippen molar-refractivity contribution in [3.8, 4) is 0 Å². The molecule has 0 aromatic carbocycles. The highest BCUT2D eigenvalue weighted by Gasteiger charge is 2.40. The zero-order valence-electron chi connectivity index (χ0n) is 20.1. The largest absolute Gasteiger partial charge is 0.444 e. The van der Waals surface area contributed by atoms with Gasteiger partial charge in [0, 0.05) is 13.7 Å². The summed E-state index contributed by atoms with van der Waals surface area (Å²) in [5.74, 6) is -1.23. The minimum Gasteiger partial charge on any atom is -0.444 e. The zero-order valence-corrected chi connectivity index (χ0v) is 20.1. The summed E-state index contributed by atoms with van der Waals surface area (Å²) in [7, 11) is 1.43. The maximum atomic E-state index is 13.2. The summed E-state index contributed by atoms with van der Waals surface area (Å²) in [5, 5.41) is 5.44. The van der Waals surface area contributed by atoms with Crippen molar-refractivity contribution in [2.75, 3.05) is 20.3 Å². The number of likely N-dealkylation sites (tertiary alicyclic amines) is 1. The summed E-state index contributed by atoms with van der Waals surface area (Å²) in [6.07, 6.45) is 0.488. The minimum absolute atomic E-state index is 0.0916. The van der Waals surface area contributed by atoms with E-state index in [1.165, 1.54) is 12.0 Å². The van der Waals surface area contributed by atoms with Crippen LogP contribution in [0.2, 0.25) is 0 Å². The van der Waals surface area contributed by atoms with Gasteiger partial charge in [0.1, 0.15) is 24.3 Å². The van der Waals surface area contributed by atoms with Gasteiger partial charge in [-0.2, -0.15) is 0 Å². The van der Waals surface area contributed by atoms with Crippen molar-refractivity contribution >= 4 is 23.7 Å². The molecule has 3 amide bonds. The average Bonchev–Trinajstić information content (AvgIpc) is 3.11. The molecule has 1 fully saturated rings. The van der Waals surface area contributed by atoms with E-state index >= 15 is 0 Å². The van der Waals surface area contributed by atoms with Gasteiger partial charge in [0.25, 0.3) is 0 Å². The van der Waals surface area contributed by atoms with E-state index in [0.717, 1.165) is 0 Å². The number of carbonyl (C=O) groups excluding carboxylic acids is 4. The fourth-order valence-electron chi connectivity index (χ4n) is 3.53. The third kappa shape index (κ3) is 8.12. The first kappa shape index (κ1) is 26.9. The number of amides is 3. The zero-order chi connectivity index (χ0) is 23.9. The topological polar surface area (TPSA) is 114 Å². The second kappa shape index (κ2) is 11.5. The van der Waals surface area contributed by atoms with Gasteiger partial charge >= 0.3 is 6.09 Å². The van der Waals surface area contributed by atoms with Gasteiger partial charge in [-0.3, -0.25) is 14.4 Å². The first-order chi connectivity index (χ1) is 14.3. The van der Waals surface area contributed by atoms with Crippen LogP contribution < -0.4 is 10.6 Å². The van der Waals surface area contributed by atoms with Gasteiger partial charge in [0.2, 0.25) is 11.8 Å². The molecule has 2 N–H and O–H groups in total. The van der Waals surface area contributed by atoms with Gasteiger partial charge in [0.15, 0.2) is 5.78 Å². The summed E-state index contributed by atoms with van der Waals surface area (Å²) in [5.41, 5.74) is -0.689. The Kier molecular flexibility index (Phi) is 9.93. The lowest BCUT2D eigenvalue weighted by Crippen LogP contribution is -2.57. The third-order valence-electron chi connectivity index (χ3n) is 5.04. The number of nitrogens with zero attached hydrogens (tertiary/aromatic N) is 1. The molecule has 1 rings (SSSR count). The third-order valence-corrected chi connectivity index (χ3v) is 5.04. The fraction of sp³-hybridized carbons (Fsp3) is 0.818. The van der Waals surface area contributed by atoms with Crippen LogP contribution in [-0.2, 0) is 23.9 Å². The minimum atomic E-state index is -0.820. The molecule has 0 bridgehead atoms. The highest BCUT2D eigenvalue weighted by molar-refractivity contribution is 5.95. The number of alkyl carbamates (subject to hydrolysis) is 1.